The van der Waals surface area contributed by atoms with Crippen LogP contribution in [-0.2, 0) is 6.54 Å². The molecule has 0 aliphatic heterocycles. The molecular weight excluding hydrogens is 424 g/mol. The van der Waals surface area contributed by atoms with Crippen LogP contribution in [0.25, 0.3) is 22.2 Å². The summed E-state index contributed by atoms with van der Waals surface area (Å²) in [6, 6.07) is 12.4. The lowest BCUT2D eigenvalue weighted by molar-refractivity contribution is 0.101. The number of aryl methyl sites for hydroxylation is 1. The van der Waals surface area contributed by atoms with Crippen LogP contribution in [0.1, 0.15) is 17.4 Å². The minimum absolute atomic E-state index is 0.201. The molecule has 2 aromatic carbocycles. The number of rotatable bonds is 5. The molecule has 30 heavy (non-hydrogen) atoms. The Morgan fingerprint density at radius 3 is 2.70 bits per heavy atom. The van der Waals surface area contributed by atoms with Gasteiger partial charge >= 0.3 is 0 Å². The molecule has 0 radical (unpaired) electrons. The molecular formula is C21H17ClN4O3S. The van der Waals surface area contributed by atoms with Gasteiger partial charge in [0.2, 0.25) is 5.43 Å². The zero-order chi connectivity index (χ0) is 21.3. The van der Waals surface area contributed by atoms with E-state index >= 15 is 0 Å². The number of hydrogen-bond acceptors (Lipinski definition) is 6. The number of ether oxygens (including phenoxy) is 1. The first kappa shape index (κ1) is 20.1. The molecule has 0 spiro atoms. The lowest BCUT2D eigenvalue weighted by atomic mass is 10.2. The summed E-state index contributed by atoms with van der Waals surface area (Å²) in [5, 5.41) is 9.89. The van der Waals surface area contributed by atoms with Crippen LogP contribution in [0.2, 0.25) is 5.02 Å². The highest BCUT2D eigenvalue weighted by molar-refractivity contribution is 7.14. The molecule has 0 unspecified atom stereocenters. The van der Waals surface area contributed by atoms with E-state index in [0.717, 1.165) is 11.3 Å². The van der Waals surface area contributed by atoms with Crippen molar-refractivity contribution in [2.24, 2.45) is 0 Å². The van der Waals surface area contributed by atoms with Gasteiger partial charge in [0.1, 0.15) is 5.75 Å². The summed E-state index contributed by atoms with van der Waals surface area (Å²) in [6.45, 7) is 2.38. The molecule has 9 heteroatoms. The quantitative estimate of drug-likeness (QED) is 0.495. The molecule has 4 aromatic rings. The third kappa shape index (κ3) is 3.79. The molecule has 4 rings (SSSR count). The number of halogens is 1. The molecule has 152 valence electrons. The van der Waals surface area contributed by atoms with Gasteiger partial charge in [-0.05, 0) is 49.4 Å². The van der Waals surface area contributed by atoms with E-state index in [2.05, 4.69) is 15.4 Å². The highest BCUT2D eigenvalue weighted by Gasteiger charge is 2.19. The zero-order valence-corrected chi connectivity index (χ0v) is 17.8. The van der Waals surface area contributed by atoms with E-state index in [1.54, 1.807) is 30.0 Å². The van der Waals surface area contributed by atoms with Crippen LogP contribution in [0.3, 0.4) is 0 Å². The number of carbonyl (C=O) groups is 1. The maximum atomic E-state index is 12.8. The second-order valence-corrected chi connectivity index (χ2v) is 7.67. The highest BCUT2D eigenvalue weighted by atomic mass is 35.5. The first-order valence-corrected chi connectivity index (χ1v) is 10.4. The van der Waals surface area contributed by atoms with Gasteiger partial charge in [-0.3, -0.25) is 19.6 Å². The van der Waals surface area contributed by atoms with E-state index in [1.807, 2.05) is 36.6 Å². The fourth-order valence-corrected chi connectivity index (χ4v) is 3.92. The maximum absolute atomic E-state index is 12.8. The highest BCUT2D eigenvalue weighted by Crippen LogP contribution is 2.26. The standard InChI is InChI=1S/C21H17ClN4O3S/c1-3-26-17-9-6-13(22)10-15(17)19(27)18(25-26)20(28)24-21-23-16(11-30-21)12-4-7-14(29-2)8-5-12/h4-11H,3H2,1-2H3,(H,23,24,28). The molecule has 1 amide bonds. The third-order valence-electron chi connectivity index (χ3n) is 4.54. The van der Waals surface area contributed by atoms with E-state index < -0.39 is 11.3 Å². The number of methoxy groups -OCH3 is 1. The topological polar surface area (TPSA) is 86.1 Å². The van der Waals surface area contributed by atoms with E-state index in [1.165, 1.54) is 11.3 Å². The fourth-order valence-electron chi connectivity index (χ4n) is 3.03. The summed E-state index contributed by atoms with van der Waals surface area (Å²) < 4.78 is 6.76. The molecule has 0 bridgehead atoms. The Bertz CT molecular complexity index is 1300. The lowest BCUT2D eigenvalue weighted by Crippen LogP contribution is -2.27. The summed E-state index contributed by atoms with van der Waals surface area (Å²) in [7, 11) is 1.60. The summed E-state index contributed by atoms with van der Waals surface area (Å²) in [5.74, 6) is 0.136. The van der Waals surface area contributed by atoms with Crippen LogP contribution in [0.15, 0.2) is 52.6 Å². The number of aromatic nitrogens is 3. The number of amides is 1. The van der Waals surface area contributed by atoms with Crippen molar-refractivity contribution in [3.63, 3.8) is 0 Å². The molecule has 0 fully saturated rings. The zero-order valence-electron chi connectivity index (χ0n) is 16.2. The molecule has 2 heterocycles. The Morgan fingerprint density at radius 1 is 1.23 bits per heavy atom. The van der Waals surface area contributed by atoms with Crippen LogP contribution < -0.4 is 15.5 Å². The minimum atomic E-state index is -0.611. The predicted molar refractivity (Wildman–Crippen MR) is 119 cm³/mol. The SMILES string of the molecule is CCn1nc(C(=O)Nc2nc(-c3ccc(OC)cc3)cs2)c(=O)c2cc(Cl)ccc21. The number of anilines is 1. The summed E-state index contributed by atoms with van der Waals surface area (Å²) >= 11 is 7.31. The minimum Gasteiger partial charge on any atom is -0.497 e. The second-order valence-electron chi connectivity index (χ2n) is 6.38. The number of thiazole rings is 1. The van der Waals surface area contributed by atoms with Crippen LogP contribution >= 0.6 is 22.9 Å². The summed E-state index contributed by atoms with van der Waals surface area (Å²) in [6.07, 6.45) is 0. The van der Waals surface area contributed by atoms with Crippen molar-refractivity contribution >= 4 is 44.9 Å². The van der Waals surface area contributed by atoms with E-state index in [4.69, 9.17) is 16.3 Å². The van der Waals surface area contributed by atoms with Gasteiger partial charge in [0, 0.05) is 22.5 Å². The van der Waals surface area contributed by atoms with E-state index in [0.29, 0.717) is 33.3 Å². The number of nitrogens with one attached hydrogen (secondary N) is 1. The second kappa shape index (κ2) is 8.25. The van der Waals surface area contributed by atoms with Crippen molar-refractivity contribution in [3.05, 3.63) is 68.8 Å². The first-order chi connectivity index (χ1) is 14.5. The van der Waals surface area contributed by atoms with Gasteiger partial charge in [-0.1, -0.05) is 11.6 Å². The Balaban J connectivity index is 1.64. The number of hydrogen-bond donors (Lipinski definition) is 1. The monoisotopic (exact) mass is 440 g/mol. The Morgan fingerprint density at radius 2 is 2.00 bits per heavy atom. The van der Waals surface area contributed by atoms with Crippen molar-refractivity contribution in [3.8, 4) is 17.0 Å². The maximum Gasteiger partial charge on any atom is 0.281 e. The Hall–Kier alpha value is -3.23. The molecule has 0 aliphatic rings. The van der Waals surface area contributed by atoms with E-state index in [9.17, 15) is 9.59 Å². The van der Waals surface area contributed by atoms with Crippen LogP contribution in [-0.4, -0.2) is 27.8 Å². The normalized spacial score (nSPS) is 10.9. The third-order valence-corrected chi connectivity index (χ3v) is 5.53. The molecule has 0 saturated carbocycles. The van der Waals surface area contributed by atoms with Gasteiger partial charge in [0.25, 0.3) is 5.91 Å². The van der Waals surface area contributed by atoms with Gasteiger partial charge in [-0.2, -0.15) is 5.10 Å². The molecule has 0 atom stereocenters. The molecule has 1 N–H and O–H groups in total. The van der Waals surface area contributed by atoms with Gasteiger partial charge in [-0.25, -0.2) is 4.98 Å². The van der Waals surface area contributed by atoms with Crippen molar-refractivity contribution in [1.82, 2.24) is 14.8 Å². The van der Waals surface area contributed by atoms with Crippen LogP contribution in [0.5, 0.6) is 5.75 Å². The largest absolute Gasteiger partial charge is 0.497 e. The van der Waals surface area contributed by atoms with Crippen molar-refractivity contribution < 1.29 is 9.53 Å². The van der Waals surface area contributed by atoms with Crippen molar-refractivity contribution in [1.29, 1.82) is 0 Å². The predicted octanol–water partition coefficient (Wildman–Crippen LogP) is 4.45. The average Bonchev–Trinajstić information content (AvgIpc) is 3.22. The average molecular weight is 441 g/mol. The first-order valence-electron chi connectivity index (χ1n) is 9.12. The van der Waals surface area contributed by atoms with Crippen molar-refractivity contribution in [2.75, 3.05) is 12.4 Å². The molecule has 7 nitrogen and oxygen atoms in total. The number of carbonyl (C=O) groups excluding carboxylic acids is 1. The Labute approximate surface area is 180 Å². The molecule has 0 saturated heterocycles. The van der Waals surface area contributed by atoms with Gasteiger partial charge in [-0.15, -0.1) is 11.3 Å². The van der Waals surface area contributed by atoms with E-state index in [-0.39, 0.29) is 5.69 Å². The fraction of sp³-hybridized carbons (Fsp3) is 0.143. The summed E-state index contributed by atoms with van der Waals surface area (Å²) in [4.78, 5) is 30.1. The van der Waals surface area contributed by atoms with Gasteiger partial charge in [0.05, 0.1) is 23.7 Å². The van der Waals surface area contributed by atoms with Crippen LogP contribution in [0, 0.1) is 0 Å². The van der Waals surface area contributed by atoms with Gasteiger partial charge < -0.3 is 4.74 Å². The number of fused-ring (bicyclic) bond motifs is 1. The number of nitrogens with zero attached hydrogens (tertiary/aromatic N) is 3. The molecule has 2 aromatic heterocycles. The van der Waals surface area contributed by atoms with Crippen molar-refractivity contribution in [2.45, 2.75) is 13.5 Å². The lowest BCUT2D eigenvalue weighted by Gasteiger charge is -2.10. The number of benzene rings is 2. The smallest absolute Gasteiger partial charge is 0.281 e. The van der Waals surface area contributed by atoms with Crippen LogP contribution in [0.4, 0.5) is 5.13 Å². The van der Waals surface area contributed by atoms with Gasteiger partial charge in [0.15, 0.2) is 10.8 Å². The molecule has 0 aliphatic carbocycles. The Kier molecular flexibility index (Phi) is 5.52. The summed E-state index contributed by atoms with van der Waals surface area (Å²) in [5.41, 5.74) is 1.55.